The molecule has 1 unspecified atom stereocenters. The van der Waals surface area contributed by atoms with Crippen molar-refractivity contribution in [3.8, 4) is 6.07 Å². The summed E-state index contributed by atoms with van der Waals surface area (Å²) < 4.78 is 0. The molecule has 18 heavy (non-hydrogen) atoms. The van der Waals surface area contributed by atoms with E-state index in [1.165, 1.54) is 4.88 Å². The Hall–Kier alpha value is -1.99. The zero-order chi connectivity index (χ0) is 13.1. The second-order valence-corrected chi connectivity index (χ2v) is 5.17. The molecular formula is C14H15N3S. The molecule has 0 bridgehead atoms. The molecule has 0 fully saturated rings. The van der Waals surface area contributed by atoms with Crippen molar-refractivity contribution >= 4 is 22.7 Å². The minimum absolute atomic E-state index is 0.237. The summed E-state index contributed by atoms with van der Waals surface area (Å²) >= 11 is 1.72. The van der Waals surface area contributed by atoms with Gasteiger partial charge in [0.25, 0.3) is 0 Å². The summed E-state index contributed by atoms with van der Waals surface area (Å²) in [7, 11) is 2.00. The van der Waals surface area contributed by atoms with Gasteiger partial charge in [0, 0.05) is 11.9 Å². The summed E-state index contributed by atoms with van der Waals surface area (Å²) in [5.74, 6) is 0. The number of nitriles is 1. The molecule has 1 aromatic heterocycles. The van der Waals surface area contributed by atoms with Gasteiger partial charge in [0.05, 0.1) is 29.0 Å². The first-order valence-electron chi connectivity index (χ1n) is 5.69. The molecule has 0 saturated heterocycles. The van der Waals surface area contributed by atoms with E-state index in [0.717, 1.165) is 5.69 Å². The van der Waals surface area contributed by atoms with Crippen molar-refractivity contribution in [3.05, 3.63) is 46.2 Å². The molecule has 4 heteroatoms. The van der Waals surface area contributed by atoms with Gasteiger partial charge < -0.3 is 10.6 Å². The first-order chi connectivity index (χ1) is 8.63. The first-order valence-corrected chi connectivity index (χ1v) is 6.57. The van der Waals surface area contributed by atoms with Gasteiger partial charge in [-0.3, -0.25) is 0 Å². The van der Waals surface area contributed by atoms with Gasteiger partial charge in [0.1, 0.15) is 0 Å². The molecule has 1 aromatic carbocycles. The molecule has 92 valence electrons. The zero-order valence-corrected chi connectivity index (χ0v) is 11.2. The lowest BCUT2D eigenvalue weighted by Crippen LogP contribution is -2.22. The Bertz CT molecular complexity index is 569. The highest BCUT2D eigenvalue weighted by Crippen LogP contribution is 2.32. The lowest BCUT2D eigenvalue weighted by molar-refractivity contribution is 0.755. The smallest absolute Gasteiger partial charge is 0.0992 e. The van der Waals surface area contributed by atoms with E-state index in [4.69, 9.17) is 11.0 Å². The molecule has 3 nitrogen and oxygen atoms in total. The van der Waals surface area contributed by atoms with Crippen LogP contribution in [0.1, 0.15) is 23.4 Å². The lowest BCUT2D eigenvalue weighted by Gasteiger charge is -2.27. The average Bonchev–Trinajstić information content (AvgIpc) is 2.91. The number of anilines is 2. The van der Waals surface area contributed by atoms with Crippen molar-refractivity contribution in [2.45, 2.75) is 13.0 Å². The SMILES string of the molecule is CC(c1cccs1)N(C)c1cc(C#N)ccc1N. The summed E-state index contributed by atoms with van der Waals surface area (Å²) in [6, 6.07) is 11.9. The third-order valence-corrected chi connectivity index (χ3v) is 4.12. The number of nitrogens with zero attached hydrogens (tertiary/aromatic N) is 2. The Morgan fingerprint density at radius 1 is 1.39 bits per heavy atom. The fourth-order valence-electron chi connectivity index (χ4n) is 1.85. The number of benzene rings is 1. The molecule has 0 radical (unpaired) electrons. The maximum absolute atomic E-state index is 8.95. The largest absolute Gasteiger partial charge is 0.397 e. The van der Waals surface area contributed by atoms with Crippen LogP contribution in [0.5, 0.6) is 0 Å². The predicted octanol–water partition coefficient (Wildman–Crippen LogP) is 3.40. The Labute approximate surface area is 111 Å². The van der Waals surface area contributed by atoms with Crippen LogP contribution in [-0.4, -0.2) is 7.05 Å². The highest BCUT2D eigenvalue weighted by atomic mass is 32.1. The third kappa shape index (κ3) is 2.31. The van der Waals surface area contributed by atoms with Crippen molar-refractivity contribution in [1.82, 2.24) is 0 Å². The Balaban J connectivity index is 2.34. The second kappa shape index (κ2) is 5.11. The third-order valence-electron chi connectivity index (χ3n) is 3.08. The maximum Gasteiger partial charge on any atom is 0.0992 e. The summed E-state index contributed by atoms with van der Waals surface area (Å²) in [6.07, 6.45) is 0. The van der Waals surface area contributed by atoms with Gasteiger partial charge in [-0.05, 0) is 36.6 Å². The Kier molecular flexibility index (Phi) is 3.54. The molecule has 0 aliphatic heterocycles. The van der Waals surface area contributed by atoms with E-state index >= 15 is 0 Å². The monoisotopic (exact) mass is 257 g/mol. The lowest BCUT2D eigenvalue weighted by atomic mass is 10.1. The summed E-state index contributed by atoms with van der Waals surface area (Å²) in [6.45, 7) is 2.13. The van der Waals surface area contributed by atoms with Crippen LogP contribution in [0.15, 0.2) is 35.7 Å². The predicted molar refractivity (Wildman–Crippen MR) is 76.7 cm³/mol. The quantitative estimate of drug-likeness (QED) is 0.857. The van der Waals surface area contributed by atoms with Crippen LogP contribution in [0, 0.1) is 11.3 Å². The van der Waals surface area contributed by atoms with Crippen LogP contribution in [0.3, 0.4) is 0 Å². The fourth-order valence-corrected chi connectivity index (χ4v) is 2.67. The molecule has 1 atom stereocenters. The molecule has 0 saturated carbocycles. The fraction of sp³-hybridized carbons (Fsp3) is 0.214. The normalized spacial score (nSPS) is 11.8. The number of thiophene rings is 1. The average molecular weight is 257 g/mol. The van der Waals surface area contributed by atoms with Crippen molar-refractivity contribution < 1.29 is 0 Å². The molecule has 0 spiro atoms. The molecule has 1 heterocycles. The van der Waals surface area contributed by atoms with Crippen molar-refractivity contribution in [2.24, 2.45) is 0 Å². The van der Waals surface area contributed by atoms with E-state index in [1.807, 2.05) is 19.2 Å². The number of hydrogen-bond acceptors (Lipinski definition) is 4. The van der Waals surface area contributed by atoms with Crippen molar-refractivity contribution in [3.63, 3.8) is 0 Å². The van der Waals surface area contributed by atoms with Crippen molar-refractivity contribution in [2.75, 3.05) is 17.7 Å². The van der Waals surface area contributed by atoms with Crippen LogP contribution in [-0.2, 0) is 0 Å². The number of rotatable bonds is 3. The number of nitrogens with two attached hydrogens (primary N) is 1. The highest BCUT2D eigenvalue weighted by molar-refractivity contribution is 7.10. The van der Waals surface area contributed by atoms with Crippen LogP contribution >= 0.6 is 11.3 Å². The minimum Gasteiger partial charge on any atom is -0.397 e. The van der Waals surface area contributed by atoms with Crippen LogP contribution in [0.25, 0.3) is 0 Å². The first kappa shape index (κ1) is 12.5. The van der Waals surface area contributed by atoms with E-state index in [-0.39, 0.29) is 6.04 Å². The van der Waals surface area contributed by atoms with Gasteiger partial charge in [-0.1, -0.05) is 6.07 Å². The van der Waals surface area contributed by atoms with E-state index in [1.54, 1.807) is 23.5 Å². The number of nitrogen functional groups attached to an aromatic ring is 1. The van der Waals surface area contributed by atoms with E-state index in [0.29, 0.717) is 11.3 Å². The highest BCUT2D eigenvalue weighted by Gasteiger charge is 2.15. The van der Waals surface area contributed by atoms with Gasteiger partial charge in [0.15, 0.2) is 0 Å². The summed E-state index contributed by atoms with van der Waals surface area (Å²) in [5, 5.41) is 11.0. The molecule has 0 amide bonds. The zero-order valence-electron chi connectivity index (χ0n) is 10.4. The van der Waals surface area contributed by atoms with E-state index < -0.39 is 0 Å². The standard InChI is InChI=1S/C14H15N3S/c1-10(14-4-3-7-18-14)17(2)13-8-11(9-15)5-6-12(13)16/h3-8,10H,16H2,1-2H3. The van der Waals surface area contributed by atoms with E-state index in [2.05, 4.69) is 29.3 Å². The molecular weight excluding hydrogens is 242 g/mol. The Morgan fingerprint density at radius 2 is 2.17 bits per heavy atom. The topological polar surface area (TPSA) is 53.0 Å². The van der Waals surface area contributed by atoms with Gasteiger partial charge in [-0.25, -0.2) is 0 Å². The molecule has 2 rings (SSSR count). The van der Waals surface area contributed by atoms with Crippen LogP contribution < -0.4 is 10.6 Å². The van der Waals surface area contributed by atoms with Crippen LogP contribution in [0.2, 0.25) is 0 Å². The number of hydrogen-bond donors (Lipinski definition) is 1. The summed E-state index contributed by atoms with van der Waals surface area (Å²) in [4.78, 5) is 3.38. The molecule has 2 N–H and O–H groups in total. The van der Waals surface area contributed by atoms with Gasteiger partial charge >= 0.3 is 0 Å². The molecule has 0 aliphatic rings. The summed E-state index contributed by atoms with van der Waals surface area (Å²) in [5.41, 5.74) is 8.21. The Morgan fingerprint density at radius 3 is 2.78 bits per heavy atom. The van der Waals surface area contributed by atoms with Gasteiger partial charge in [0.2, 0.25) is 0 Å². The van der Waals surface area contributed by atoms with Gasteiger partial charge in [-0.2, -0.15) is 5.26 Å². The maximum atomic E-state index is 8.95. The van der Waals surface area contributed by atoms with Crippen molar-refractivity contribution in [1.29, 1.82) is 5.26 Å². The van der Waals surface area contributed by atoms with E-state index in [9.17, 15) is 0 Å². The second-order valence-electron chi connectivity index (χ2n) is 4.19. The molecule has 0 aliphatic carbocycles. The minimum atomic E-state index is 0.237. The van der Waals surface area contributed by atoms with Gasteiger partial charge in [-0.15, -0.1) is 11.3 Å². The van der Waals surface area contributed by atoms with Crippen LogP contribution in [0.4, 0.5) is 11.4 Å². The molecule has 2 aromatic rings.